The van der Waals surface area contributed by atoms with E-state index in [-0.39, 0.29) is 11.2 Å². The van der Waals surface area contributed by atoms with Crippen molar-refractivity contribution in [2.75, 3.05) is 0 Å². The zero-order valence-electron chi connectivity index (χ0n) is 16.9. The van der Waals surface area contributed by atoms with Crippen LogP contribution in [0.3, 0.4) is 0 Å². The van der Waals surface area contributed by atoms with Crippen LogP contribution in [-0.2, 0) is 9.31 Å². The molecule has 1 aliphatic heterocycles. The molecule has 1 aromatic carbocycles. The number of benzene rings is 1. The lowest BCUT2D eigenvalue weighted by molar-refractivity contribution is 0.00578. The molecule has 1 aromatic rings. The Kier molecular flexibility index (Phi) is 5.37. The van der Waals surface area contributed by atoms with Gasteiger partial charge in [0.2, 0.25) is 0 Å². The summed E-state index contributed by atoms with van der Waals surface area (Å²) in [6, 6.07) is 7.71. The van der Waals surface area contributed by atoms with Gasteiger partial charge in [0.1, 0.15) is 0 Å². The Morgan fingerprint density at radius 1 is 1.04 bits per heavy atom. The Labute approximate surface area is 152 Å². The number of aryl methyl sites for hydroxylation is 1. The first-order valence-electron chi connectivity index (χ1n) is 8.99. The van der Waals surface area contributed by atoms with Crippen molar-refractivity contribution in [1.82, 2.24) is 0 Å². The molecule has 1 aliphatic rings. The quantitative estimate of drug-likeness (QED) is 0.426. The second-order valence-electron chi connectivity index (χ2n) is 9.12. The molecule has 3 nitrogen and oxygen atoms in total. The van der Waals surface area contributed by atoms with Gasteiger partial charge in [0.15, 0.2) is 5.78 Å². The molecule has 25 heavy (non-hydrogen) atoms. The van der Waals surface area contributed by atoms with Crippen LogP contribution in [0.1, 0.15) is 64.4 Å². The lowest BCUT2D eigenvalue weighted by Gasteiger charge is -2.32. The summed E-state index contributed by atoms with van der Waals surface area (Å²) in [6.07, 6.45) is 2.50. The maximum absolute atomic E-state index is 13.1. The van der Waals surface area contributed by atoms with Gasteiger partial charge in [-0.1, -0.05) is 56.7 Å². The number of hydrogen-bond acceptors (Lipinski definition) is 3. The van der Waals surface area contributed by atoms with Crippen LogP contribution >= 0.6 is 0 Å². The van der Waals surface area contributed by atoms with Crippen LogP contribution in [0.2, 0.25) is 6.32 Å². The third-order valence-electron chi connectivity index (χ3n) is 4.90. The molecule has 0 radical (unpaired) electrons. The van der Waals surface area contributed by atoms with Crippen molar-refractivity contribution in [3.05, 3.63) is 47.0 Å². The largest absolute Gasteiger partial charge is 0.462 e. The summed E-state index contributed by atoms with van der Waals surface area (Å²) in [7, 11) is -0.409. The van der Waals surface area contributed by atoms with E-state index in [1.54, 1.807) is 0 Å². The van der Waals surface area contributed by atoms with Crippen molar-refractivity contribution in [1.29, 1.82) is 0 Å². The maximum atomic E-state index is 13.1. The first-order valence-corrected chi connectivity index (χ1v) is 8.99. The van der Waals surface area contributed by atoms with Crippen LogP contribution in [0.25, 0.3) is 0 Å². The minimum atomic E-state index is -0.409. The smallest absolute Gasteiger partial charge is 0.403 e. The highest BCUT2D eigenvalue weighted by atomic mass is 16.7. The van der Waals surface area contributed by atoms with E-state index in [2.05, 4.69) is 20.8 Å². The van der Waals surface area contributed by atoms with Gasteiger partial charge in [-0.2, -0.15) is 0 Å². The normalized spacial score (nSPS) is 20.0. The first kappa shape index (κ1) is 19.9. The first-order chi connectivity index (χ1) is 11.3. The van der Waals surface area contributed by atoms with Crippen molar-refractivity contribution < 1.29 is 14.1 Å². The van der Waals surface area contributed by atoms with E-state index in [0.717, 1.165) is 11.1 Å². The van der Waals surface area contributed by atoms with Gasteiger partial charge < -0.3 is 9.31 Å². The molecule has 0 atom stereocenters. The lowest BCUT2D eigenvalue weighted by Crippen LogP contribution is -2.41. The van der Waals surface area contributed by atoms with Crippen LogP contribution in [-0.4, -0.2) is 24.1 Å². The van der Waals surface area contributed by atoms with E-state index in [9.17, 15) is 4.79 Å². The number of carbonyl (C=O) groups excluding carboxylic acids is 1. The highest BCUT2D eigenvalue weighted by molar-refractivity contribution is 6.47. The number of ketones is 1. The van der Waals surface area contributed by atoms with Crippen molar-refractivity contribution in [2.24, 2.45) is 5.41 Å². The number of carbonyl (C=O) groups is 1. The second kappa shape index (κ2) is 6.73. The van der Waals surface area contributed by atoms with E-state index in [4.69, 9.17) is 9.31 Å². The summed E-state index contributed by atoms with van der Waals surface area (Å²) in [5.41, 5.74) is 1.71. The molecule has 0 aromatic heterocycles. The van der Waals surface area contributed by atoms with Gasteiger partial charge in [0.25, 0.3) is 0 Å². The molecular weight excluding hydrogens is 311 g/mol. The van der Waals surface area contributed by atoms with Gasteiger partial charge >= 0.3 is 7.12 Å². The average molecular weight is 342 g/mol. The van der Waals surface area contributed by atoms with E-state index in [1.165, 1.54) is 0 Å². The Morgan fingerprint density at radius 3 is 1.96 bits per heavy atom. The summed E-state index contributed by atoms with van der Waals surface area (Å²) < 4.78 is 12.2. The minimum absolute atomic E-state index is 0.0460. The Bertz CT molecular complexity index is 647. The third-order valence-corrected chi connectivity index (χ3v) is 4.90. The molecule has 0 spiro atoms. The number of hydrogen-bond donors (Lipinski definition) is 0. The Morgan fingerprint density at radius 2 is 1.52 bits per heavy atom. The molecule has 136 valence electrons. The fourth-order valence-electron chi connectivity index (χ4n) is 2.86. The fraction of sp³-hybridized carbons (Fsp3) is 0.571. The Balaban J connectivity index is 2.28. The molecule has 0 aliphatic carbocycles. The van der Waals surface area contributed by atoms with Crippen molar-refractivity contribution in [3.63, 3.8) is 0 Å². The molecule has 0 N–H and O–H groups in total. The SMILES string of the molecule is Cc1ccc(C(=O)/C(=C/C(C)(C)C)CB2OC(C)(C)C(C)(C)O2)cc1. The van der Waals surface area contributed by atoms with E-state index in [1.807, 2.05) is 65.0 Å². The minimum Gasteiger partial charge on any atom is -0.403 e. The van der Waals surface area contributed by atoms with Crippen LogP contribution < -0.4 is 0 Å². The standard InChI is InChI=1S/C21H31BO3/c1-15-9-11-16(12-10-15)18(23)17(13-19(2,3)4)14-22-24-20(5,6)21(7,8)25-22/h9-13H,14H2,1-8H3/b17-13+. The molecule has 4 heteroatoms. The molecule has 0 amide bonds. The van der Waals surface area contributed by atoms with Crippen molar-refractivity contribution in [2.45, 2.75) is 72.9 Å². The highest BCUT2D eigenvalue weighted by Crippen LogP contribution is 2.39. The molecule has 0 saturated carbocycles. The predicted molar refractivity (Wildman–Crippen MR) is 104 cm³/mol. The molecule has 1 heterocycles. The zero-order valence-corrected chi connectivity index (χ0v) is 16.9. The van der Waals surface area contributed by atoms with E-state index in [0.29, 0.717) is 11.9 Å². The average Bonchev–Trinajstić information content (AvgIpc) is 2.64. The second-order valence-corrected chi connectivity index (χ2v) is 9.12. The summed E-state index contributed by atoms with van der Waals surface area (Å²) >= 11 is 0. The zero-order chi connectivity index (χ0) is 19.0. The topological polar surface area (TPSA) is 35.5 Å². The maximum Gasteiger partial charge on any atom is 0.462 e. The van der Waals surface area contributed by atoms with Crippen LogP contribution in [0.5, 0.6) is 0 Å². The molecular formula is C21H31BO3. The van der Waals surface area contributed by atoms with E-state index < -0.39 is 18.3 Å². The predicted octanol–water partition coefficient (Wildman–Crippen LogP) is 5.24. The van der Waals surface area contributed by atoms with Crippen molar-refractivity contribution >= 4 is 12.9 Å². The summed E-state index contributed by atoms with van der Waals surface area (Å²) in [6.45, 7) is 16.4. The van der Waals surface area contributed by atoms with Gasteiger partial charge in [-0.05, 0) is 45.6 Å². The summed E-state index contributed by atoms with van der Waals surface area (Å²) in [5.74, 6) is 0.0460. The monoisotopic (exact) mass is 342 g/mol. The number of allylic oxidation sites excluding steroid dienone is 2. The molecule has 1 fully saturated rings. The third kappa shape index (κ3) is 4.83. The van der Waals surface area contributed by atoms with Gasteiger partial charge in [-0.15, -0.1) is 0 Å². The molecule has 2 rings (SSSR count). The lowest BCUT2D eigenvalue weighted by atomic mass is 9.76. The van der Waals surface area contributed by atoms with Gasteiger partial charge in [-0.25, -0.2) is 0 Å². The number of Topliss-reactive ketones (excluding diaryl/α,β-unsaturated/α-hetero) is 1. The van der Waals surface area contributed by atoms with Gasteiger partial charge in [0.05, 0.1) is 11.2 Å². The fourth-order valence-corrected chi connectivity index (χ4v) is 2.86. The van der Waals surface area contributed by atoms with Crippen LogP contribution in [0, 0.1) is 12.3 Å². The van der Waals surface area contributed by atoms with Gasteiger partial charge in [0, 0.05) is 11.9 Å². The summed E-state index contributed by atoms with van der Waals surface area (Å²) in [5, 5.41) is 0. The van der Waals surface area contributed by atoms with E-state index >= 15 is 0 Å². The molecule has 0 bridgehead atoms. The number of rotatable bonds is 4. The van der Waals surface area contributed by atoms with Gasteiger partial charge in [-0.3, -0.25) is 4.79 Å². The Hall–Kier alpha value is -1.39. The van der Waals surface area contributed by atoms with Crippen LogP contribution in [0.4, 0.5) is 0 Å². The highest BCUT2D eigenvalue weighted by Gasteiger charge is 2.51. The van der Waals surface area contributed by atoms with Crippen LogP contribution in [0.15, 0.2) is 35.9 Å². The van der Waals surface area contributed by atoms with Crippen molar-refractivity contribution in [3.8, 4) is 0 Å². The molecule has 1 saturated heterocycles. The summed E-state index contributed by atoms with van der Waals surface area (Å²) in [4.78, 5) is 13.1. The molecule has 0 unspecified atom stereocenters.